The maximum atomic E-state index is 10.6. The largest absolute Gasteiger partial charge is 0.785 e. The third-order valence-electron chi connectivity index (χ3n) is 1.48. The molecule has 62 valence electrons. The van der Waals surface area contributed by atoms with Gasteiger partial charge in [0.1, 0.15) is 0 Å². The fourth-order valence-corrected chi connectivity index (χ4v) is 0.550. The van der Waals surface area contributed by atoms with E-state index >= 15 is 0 Å². The molecular weight excluding hydrogens is 132 g/mol. The van der Waals surface area contributed by atoms with Gasteiger partial charge >= 0.3 is 0 Å². The topological polar surface area (TPSA) is 52.6 Å². The van der Waals surface area contributed by atoms with Crippen LogP contribution in [0.2, 0.25) is 0 Å². The van der Waals surface area contributed by atoms with Crippen LogP contribution in [0.3, 0.4) is 0 Å². The van der Waals surface area contributed by atoms with E-state index in [-0.39, 0.29) is 6.04 Å². The lowest BCUT2D eigenvalue weighted by molar-refractivity contribution is 0.303. The van der Waals surface area contributed by atoms with E-state index in [2.05, 4.69) is 0 Å². The Kier molecular flexibility index (Phi) is 4.55. The quantitative estimate of drug-likeness (QED) is 0.546. The average molecular weight is 146 g/mol. The predicted octanol–water partition coefficient (Wildman–Crippen LogP) is 0.624. The summed E-state index contributed by atoms with van der Waals surface area (Å²) in [5.41, 5.74) is 0. The van der Waals surface area contributed by atoms with Gasteiger partial charge in [0.25, 0.3) is 0 Å². The molecule has 0 saturated heterocycles. The van der Waals surface area contributed by atoms with E-state index < -0.39 is 0 Å². The molecule has 0 bridgehead atoms. The summed E-state index contributed by atoms with van der Waals surface area (Å²) in [4.78, 5) is 0. The molecule has 4 nitrogen and oxygen atoms in total. The van der Waals surface area contributed by atoms with Crippen LogP contribution < -0.4 is 0 Å². The zero-order valence-electron chi connectivity index (χ0n) is 6.70. The first-order valence-corrected chi connectivity index (χ1v) is 3.32. The first kappa shape index (κ1) is 9.84. The van der Waals surface area contributed by atoms with E-state index in [1.165, 1.54) is 14.1 Å². The van der Waals surface area contributed by atoms with E-state index in [9.17, 15) is 10.4 Å². The van der Waals surface area contributed by atoms with Crippen molar-refractivity contribution in [2.75, 3.05) is 20.6 Å². The summed E-state index contributed by atoms with van der Waals surface area (Å²) >= 11 is 0. The molecule has 0 aromatic rings. The standard InChI is InChI=1S/C6H14N2O2/c1-6(8(3)10)4-5-7(2)9/h6H,4-5H2,1-3H3/q-2. The second-order valence-corrected chi connectivity index (χ2v) is 2.54. The summed E-state index contributed by atoms with van der Waals surface area (Å²) in [5.74, 6) is 0. The minimum atomic E-state index is -0.0589. The SMILES string of the molecule is CC(CCN(C)[O-])N(C)[O-]. The third-order valence-corrected chi connectivity index (χ3v) is 1.48. The lowest BCUT2D eigenvalue weighted by Crippen LogP contribution is -2.26. The second kappa shape index (κ2) is 4.62. The van der Waals surface area contributed by atoms with E-state index in [0.29, 0.717) is 13.0 Å². The van der Waals surface area contributed by atoms with Gasteiger partial charge < -0.3 is 20.5 Å². The maximum Gasteiger partial charge on any atom is -0.00451 e. The molecule has 0 heterocycles. The predicted molar refractivity (Wildman–Crippen MR) is 41.2 cm³/mol. The summed E-state index contributed by atoms with van der Waals surface area (Å²) in [6.07, 6.45) is 0.625. The van der Waals surface area contributed by atoms with Crippen molar-refractivity contribution in [1.29, 1.82) is 0 Å². The molecule has 4 heteroatoms. The normalized spacial score (nSPS) is 14.7. The minimum Gasteiger partial charge on any atom is -0.785 e. The van der Waals surface area contributed by atoms with Gasteiger partial charge in [-0.05, 0) is 33.1 Å². The zero-order valence-corrected chi connectivity index (χ0v) is 6.70. The Morgan fingerprint density at radius 3 is 2.10 bits per heavy atom. The minimum absolute atomic E-state index is 0.0589. The smallest absolute Gasteiger partial charge is 0.00451 e. The summed E-state index contributed by atoms with van der Waals surface area (Å²) in [7, 11) is 2.92. The van der Waals surface area contributed by atoms with Crippen LogP contribution >= 0.6 is 0 Å². The van der Waals surface area contributed by atoms with Crippen LogP contribution in [0.4, 0.5) is 0 Å². The molecule has 0 amide bonds. The summed E-state index contributed by atoms with van der Waals surface area (Å²) in [6, 6.07) is -0.0589. The summed E-state index contributed by atoms with van der Waals surface area (Å²) < 4.78 is 0. The summed E-state index contributed by atoms with van der Waals surface area (Å²) in [5, 5.41) is 22.6. The van der Waals surface area contributed by atoms with Crippen molar-refractivity contribution in [2.45, 2.75) is 19.4 Å². The van der Waals surface area contributed by atoms with Gasteiger partial charge in [0.2, 0.25) is 0 Å². The van der Waals surface area contributed by atoms with Gasteiger partial charge in [0.05, 0.1) is 0 Å². The van der Waals surface area contributed by atoms with E-state index in [1.807, 2.05) is 0 Å². The Balaban J connectivity index is 3.30. The van der Waals surface area contributed by atoms with Crippen molar-refractivity contribution < 1.29 is 0 Å². The number of hydrogen-bond acceptors (Lipinski definition) is 4. The van der Waals surface area contributed by atoms with Crippen molar-refractivity contribution in [2.24, 2.45) is 0 Å². The van der Waals surface area contributed by atoms with Gasteiger partial charge in [-0.3, -0.25) is 0 Å². The second-order valence-electron chi connectivity index (χ2n) is 2.54. The van der Waals surface area contributed by atoms with Crippen LogP contribution in [-0.4, -0.2) is 36.8 Å². The van der Waals surface area contributed by atoms with E-state index in [0.717, 1.165) is 10.1 Å². The molecule has 0 N–H and O–H groups in total. The molecule has 10 heavy (non-hydrogen) atoms. The molecule has 0 aromatic carbocycles. The van der Waals surface area contributed by atoms with Crippen LogP contribution in [0.5, 0.6) is 0 Å². The molecular formula is C6H14N2O2-2. The van der Waals surface area contributed by atoms with Crippen LogP contribution in [0, 0.1) is 10.4 Å². The Hall–Kier alpha value is -0.160. The van der Waals surface area contributed by atoms with Gasteiger partial charge in [0.15, 0.2) is 0 Å². The highest BCUT2D eigenvalue weighted by Gasteiger charge is 1.97. The molecule has 0 saturated carbocycles. The Morgan fingerprint density at radius 1 is 1.30 bits per heavy atom. The molecule has 1 unspecified atom stereocenters. The fraction of sp³-hybridized carbons (Fsp3) is 1.00. The highest BCUT2D eigenvalue weighted by Crippen LogP contribution is 1.98. The number of rotatable bonds is 4. The number of nitrogens with zero attached hydrogens (tertiary/aromatic N) is 2. The molecule has 0 aliphatic carbocycles. The lowest BCUT2D eigenvalue weighted by Gasteiger charge is -2.32. The van der Waals surface area contributed by atoms with Crippen molar-refractivity contribution >= 4 is 0 Å². The molecule has 0 aromatic heterocycles. The summed E-state index contributed by atoms with van der Waals surface area (Å²) in [6.45, 7) is 2.23. The Bertz CT molecular complexity index is 85.8. The van der Waals surface area contributed by atoms with Gasteiger partial charge in [0, 0.05) is 0 Å². The molecule has 0 aliphatic rings. The van der Waals surface area contributed by atoms with Gasteiger partial charge in [-0.1, -0.05) is 6.92 Å². The van der Waals surface area contributed by atoms with E-state index in [1.54, 1.807) is 6.92 Å². The monoisotopic (exact) mass is 146 g/mol. The number of hydroxylamine groups is 4. The van der Waals surface area contributed by atoms with Crippen LogP contribution in [0.15, 0.2) is 0 Å². The van der Waals surface area contributed by atoms with Crippen LogP contribution in [0.1, 0.15) is 13.3 Å². The molecule has 0 fully saturated rings. The van der Waals surface area contributed by atoms with Crippen LogP contribution in [-0.2, 0) is 0 Å². The molecule has 0 rings (SSSR count). The molecule has 0 aliphatic heterocycles. The van der Waals surface area contributed by atoms with E-state index in [4.69, 9.17) is 0 Å². The van der Waals surface area contributed by atoms with Gasteiger partial charge in [-0.15, -0.1) is 0 Å². The Labute approximate surface area is 61.6 Å². The maximum absolute atomic E-state index is 10.6. The number of hydrogen-bond donors (Lipinski definition) is 0. The first-order valence-electron chi connectivity index (χ1n) is 3.32. The van der Waals surface area contributed by atoms with Crippen molar-refractivity contribution in [3.8, 4) is 0 Å². The first-order chi connectivity index (χ1) is 4.54. The highest BCUT2D eigenvalue weighted by atomic mass is 16.5. The molecule has 1 atom stereocenters. The molecule has 0 spiro atoms. The van der Waals surface area contributed by atoms with Crippen LogP contribution in [0.25, 0.3) is 0 Å². The molecule has 0 radical (unpaired) electrons. The Morgan fingerprint density at radius 2 is 1.80 bits per heavy atom. The van der Waals surface area contributed by atoms with Gasteiger partial charge in [-0.2, -0.15) is 0 Å². The third kappa shape index (κ3) is 4.69. The zero-order chi connectivity index (χ0) is 8.15. The lowest BCUT2D eigenvalue weighted by atomic mass is 10.2. The fourth-order valence-electron chi connectivity index (χ4n) is 0.550. The highest BCUT2D eigenvalue weighted by molar-refractivity contribution is 4.64. The van der Waals surface area contributed by atoms with Crippen molar-refractivity contribution in [3.63, 3.8) is 0 Å². The van der Waals surface area contributed by atoms with Crippen molar-refractivity contribution in [3.05, 3.63) is 10.4 Å². The van der Waals surface area contributed by atoms with Gasteiger partial charge in [-0.25, -0.2) is 0 Å². The average Bonchev–Trinajstić information content (AvgIpc) is 1.82. The van der Waals surface area contributed by atoms with Crippen molar-refractivity contribution in [1.82, 2.24) is 10.1 Å².